The van der Waals surface area contributed by atoms with Gasteiger partial charge in [0.1, 0.15) is 0 Å². The van der Waals surface area contributed by atoms with E-state index in [2.05, 4.69) is 0 Å². The first-order valence-corrected chi connectivity index (χ1v) is 4.65. The molecular formula is C10H16F3. The lowest BCUT2D eigenvalue weighted by Crippen LogP contribution is -2.43. The van der Waals surface area contributed by atoms with Gasteiger partial charge in [-0.1, -0.05) is 20.8 Å². The van der Waals surface area contributed by atoms with Gasteiger partial charge in [-0.25, -0.2) is 0 Å². The fourth-order valence-electron chi connectivity index (χ4n) is 2.46. The van der Waals surface area contributed by atoms with Gasteiger partial charge in [0.05, 0.1) is 5.92 Å². The van der Waals surface area contributed by atoms with Gasteiger partial charge in [0, 0.05) is 0 Å². The smallest absolute Gasteiger partial charge is 0.171 e. The van der Waals surface area contributed by atoms with E-state index in [0.717, 1.165) is 6.42 Å². The Morgan fingerprint density at radius 1 is 1.31 bits per heavy atom. The Kier molecular flexibility index (Phi) is 2.65. The summed E-state index contributed by atoms with van der Waals surface area (Å²) in [5, 5.41) is 0. The standard InChI is InChI=1S/C10H16F3/c1-7-5-4-6-9(2,3)8(7)10(11,12)13/h5,7-8H,4,6H2,1-3H3. The Morgan fingerprint density at radius 3 is 2.15 bits per heavy atom. The Bertz CT molecular complexity index is 181. The molecule has 0 saturated heterocycles. The molecule has 1 aliphatic rings. The average molecular weight is 193 g/mol. The van der Waals surface area contributed by atoms with Crippen molar-refractivity contribution in [3.63, 3.8) is 0 Å². The van der Waals surface area contributed by atoms with Gasteiger partial charge in [0.15, 0.2) is 0 Å². The van der Waals surface area contributed by atoms with Crippen LogP contribution in [0.1, 0.15) is 33.6 Å². The molecule has 77 valence electrons. The summed E-state index contributed by atoms with van der Waals surface area (Å²) < 4.78 is 38.0. The van der Waals surface area contributed by atoms with Crippen molar-refractivity contribution in [1.29, 1.82) is 0 Å². The third-order valence-electron chi connectivity index (χ3n) is 3.05. The van der Waals surface area contributed by atoms with E-state index in [-0.39, 0.29) is 5.92 Å². The average Bonchev–Trinajstić information content (AvgIpc) is 1.79. The van der Waals surface area contributed by atoms with Gasteiger partial charge in [0.25, 0.3) is 0 Å². The molecule has 0 spiro atoms. The number of halogens is 3. The Hall–Kier alpha value is -0.210. The second-order valence-electron chi connectivity index (χ2n) is 4.64. The molecule has 0 aromatic carbocycles. The van der Waals surface area contributed by atoms with Gasteiger partial charge in [0.2, 0.25) is 0 Å². The molecule has 0 N–H and O–H groups in total. The minimum Gasteiger partial charge on any atom is -0.171 e. The third kappa shape index (κ3) is 2.18. The van der Waals surface area contributed by atoms with Crippen molar-refractivity contribution < 1.29 is 13.2 Å². The first-order chi connectivity index (χ1) is 5.75. The molecule has 0 heterocycles. The second kappa shape index (κ2) is 3.18. The summed E-state index contributed by atoms with van der Waals surface area (Å²) >= 11 is 0. The largest absolute Gasteiger partial charge is 0.392 e. The molecule has 1 radical (unpaired) electrons. The molecule has 0 amide bonds. The van der Waals surface area contributed by atoms with E-state index in [4.69, 9.17) is 0 Å². The molecular weight excluding hydrogens is 177 g/mol. The topological polar surface area (TPSA) is 0 Å². The summed E-state index contributed by atoms with van der Waals surface area (Å²) in [4.78, 5) is 0. The van der Waals surface area contributed by atoms with Crippen LogP contribution >= 0.6 is 0 Å². The summed E-state index contributed by atoms with van der Waals surface area (Å²) in [6.07, 6.45) is -0.814. The van der Waals surface area contributed by atoms with Crippen LogP contribution in [0.4, 0.5) is 13.2 Å². The van der Waals surface area contributed by atoms with Crippen molar-refractivity contribution >= 4 is 0 Å². The van der Waals surface area contributed by atoms with Crippen molar-refractivity contribution in [2.24, 2.45) is 17.3 Å². The Morgan fingerprint density at radius 2 is 1.85 bits per heavy atom. The van der Waals surface area contributed by atoms with Crippen molar-refractivity contribution in [2.75, 3.05) is 0 Å². The maximum absolute atomic E-state index is 12.7. The molecule has 3 heteroatoms. The van der Waals surface area contributed by atoms with E-state index in [9.17, 15) is 13.2 Å². The summed E-state index contributed by atoms with van der Waals surface area (Å²) in [7, 11) is 0. The van der Waals surface area contributed by atoms with Crippen LogP contribution in [-0.2, 0) is 0 Å². The molecule has 0 aliphatic heterocycles. The van der Waals surface area contributed by atoms with Crippen molar-refractivity contribution in [3.05, 3.63) is 6.42 Å². The first-order valence-electron chi connectivity index (χ1n) is 4.65. The summed E-state index contributed by atoms with van der Waals surface area (Å²) in [5.74, 6) is -1.52. The lowest BCUT2D eigenvalue weighted by molar-refractivity contribution is -0.220. The van der Waals surface area contributed by atoms with E-state index in [1.165, 1.54) is 0 Å². The molecule has 0 aromatic heterocycles. The summed E-state index contributed by atoms with van der Waals surface area (Å²) in [5.41, 5.74) is -0.605. The lowest BCUT2D eigenvalue weighted by atomic mass is 9.64. The first kappa shape index (κ1) is 10.9. The zero-order valence-corrected chi connectivity index (χ0v) is 8.28. The Balaban J connectivity index is 2.87. The van der Waals surface area contributed by atoms with Gasteiger partial charge >= 0.3 is 6.18 Å². The molecule has 1 saturated carbocycles. The van der Waals surface area contributed by atoms with Crippen LogP contribution in [0, 0.1) is 23.7 Å². The molecule has 0 nitrogen and oxygen atoms in total. The lowest BCUT2D eigenvalue weighted by Gasteiger charge is -2.43. The van der Waals surface area contributed by atoms with Gasteiger partial charge in [-0.2, -0.15) is 13.2 Å². The van der Waals surface area contributed by atoms with Crippen LogP contribution in [-0.4, -0.2) is 6.18 Å². The predicted octanol–water partition coefficient (Wildman–Crippen LogP) is 3.83. The van der Waals surface area contributed by atoms with Gasteiger partial charge in [-0.05, 0) is 30.6 Å². The van der Waals surface area contributed by atoms with Crippen molar-refractivity contribution in [2.45, 2.75) is 39.8 Å². The van der Waals surface area contributed by atoms with Crippen LogP contribution in [0.2, 0.25) is 0 Å². The SMILES string of the molecule is CC1[CH]CCC(C)(C)C1C(F)(F)F. The van der Waals surface area contributed by atoms with Gasteiger partial charge in [-0.15, -0.1) is 0 Å². The van der Waals surface area contributed by atoms with E-state index in [1.807, 2.05) is 0 Å². The molecule has 2 unspecified atom stereocenters. The summed E-state index contributed by atoms with van der Waals surface area (Å²) in [6.45, 7) is 5.10. The molecule has 0 aromatic rings. The third-order valence-corrected chi connectivity index (χ3v) is 3.05. The fraction of sp³-hybridized carbons (Fsp3) is 0.900. The number of hydrogen-bond acceptors (Lipinski definition) is 0. The molecule has 2 atom stereocenters. The highest BCUT2D eigenvalue weighted by Crippen LogP contribution is 2.51. The summed E-state index contributed by atoms with van der Waals surface area (Å²) in [6, 6.07) is 0. The molecule has 1 fully saturated rings. The zero-order valence-electron chi connectivity index (χ0n) is 8.28. The number of alkyl halides is 3. The van der Waals surface area contributed by atoms with Crippen LogP contribution in [0.3, 0.4) is 0 Å². The van der Waals surface area contributed by atoms with Crippen LogP contribution in [0.15, 0.2) is 0 Å². The van der Waals surface area contributed by atoms with Gasteiger partial charge < -0.3 is 0 Å². The van der Waals surface area contributed by atoms with Gasteiger partial charge in [-0.3, -0.25) is 0 Å². The highest BCUT2D eigenvalue weighted by Gasteiger charge is 2.52. The number of hydrogen-bond donors (Lipinski definition) is 0. The number of rotatable bonds is 0. The molecule has 0 bridgehead atoms. The van der Waals surface area contributed by atoms with E-state index < -0.39 is 17.5 Å². The fourth-order valence-corrected chi connectivity index (χ4v) is 2.46. The Labute approximate surface area is 77.5 Å². The molecule has 1 rings (SSSR count). The second-order valence-corrected chi connectivity index (χ2v) is 4.64. The molecule has 1 aliphatic carbocycles. The minimum atomic E-state index is -4.06. The van der Waals surface area contributed by atoms with Crippen LogP contribution in [0.5, 0.6) is 0 Å². The van der Waals surface area contributed by atoms with E-state index in [0.29, 0.717) is 6.42 Å². The maximum atomic E-state index is 12.7. The van der Waals surface area contributed by atoms with Crippen LogP contribution < -0.4 is 0 Å². The maximum Gasteiger partial charge on any atom is 0.392 e. The quantitative estimate of drug-likeness (QED) is 0.548. The van der Waals surface area contributed by atoms with Crippen LogP contribution in [0.25, 0.3) is 0 Å². The van der Waals surface area contributed by atoms with E-state index in [1.54, 1.807) is 27.2 Å². The zero-order chi connectivity index (χ0) is 10.3. The van der Waals surface area contributed by atoms with E-state index >= 15 is 0 Å². The highest BCUT2D eigenvalue weighted by atomic mass is 19.4. The predicted molar refractivity (Wildman–Crippen MR) is 46.0 cm³/mol. The monoisotopic (exact) mass is 193 g/mol. The molecule has 13 heavy (non-hydrogen) atoms. The minimum absolute atomic E-state index is 0.344. The van der Waals surface area contributed by atoms with Crippen molar-refractivity contribution in [3.8, 4) is 0 Å². The highest BCUT2D eigenvalue weighted by molar-refractivity contribution is 4.97. The van der Waals surface area contributed by atoms with Crippen molar-refractivity contribution in [1.82, 2.24) is 0 Å². The normalized spacial score (nSPS) is 34.6.